The molecule has 0 fully saturated rings. The molecule has 0 unspecified atom stereocenters. The molecular weight excluding hydrogens is 520 g/mol. The fourth-order valence-corrected chi connectivity index (χ4v) is 5.41. The van der Waals surface area contributed by atoms with Crippen molar-refractivity contribution in [2.24, 2.45) is 0 Å². The number of nitrogens with zero attached hydrogens (tertiary/aromatic N) is 1. The number of carbonyl (C=O) groups is 4. The van der Waals surface area contributed by atoms with Crippen molar-refractivity contribution in [1.29, 1.82) is 0 Å². The zero-order chi connectivity index (χ0) is 27.9. The van der Waals surface area contributed by atoms with Crippen molar-refractivity contribution in [1.82, 2.24) is 4.90 Å². The van der Waals surface area contributed by atoms with Crippen LogP contribution in [0, 0.1) is 0 Å². The molecule has 3 amide bonds. The van der Waals surface area contributed by atoms with Gasteiger partial charge in [-0.1, -0.05) is 24.6 Å². The van der Waals surface area contributed by atoms with Crippen molar-refractivity contribution >= 4 is 40.0 Å². The summed E-state index contributed by atoms with van der Waals surface area (Å²) in [6, 6.07) is 12.1. The van der Waals surface area contributed by atoms with Crippen molar-refractivity contribution in [3.05, 3.63) is 64.5 Å². The Morgan fingerprint density at radius 3 is 2.23 bits per heavy atom. The van der Waals surface area contributed by atoms with Crippen LogP contribution in [0.5, 0.6) is 11.5 Å². The van der Waals surface area contributed by atoms with Gasteiger partial charge in [0.1, 0.15) is 10.6 Å². The first-order valence-electron chi connectivity index (χ1n) is 12.7. The van der Waals surface area contributed by atoms with Crippen molar-refractivity contribution < 1.29 is 33.4 Å². The number of ether oxygens (including phenoxy) is 3. The van der Waals surface area contributed by atoms with E-state index >= 15 is 0 Å². The summed E-state index contributed by atoms with van der Waals surface area (Å²) >= 11 is 1.25. The molecule has 0 radical (unpaired) electrons. The largest absolute Gasteiger partial charge is 0.493 e. The normalized spacial score (nSPS) is 12.3. The van der Waals surface area contributed by atoms with Crippen molar-refractivity contribution in [3.63, 3.8) is 0 Å². The highest BCUT2D eigenvalue weighted by atomic mass is 32.1. The number of methoxy groups -OCH3 is 2. The highest BCUT2D eigenvalue weighted by Crippen LogP contribution is 2.39. The summed E-state index contributed by atoms with van der Waals surface area (Å²) in [5, 5.41) is 5.06. The number of esters is 1. The van der Waals surface area contributed by atoms with Gasteiger partial charge in [-0.3, -0.25) is 19.3 Å². The quantitative estimate of drug-likeness (QED) is 0.182. The van der Waals surface area contributed by atoms with Crippen LogP contribution in [0.4, 0.5) is 5.00 Å². The zero-order valence-corrected chi connectivity index (χ0v) is 22.9. The second kappa shape index (κ2) is 12.6. The highest BCUT2D eigenvalue weighted by Gasteiger charge is 2.34. The molecule has 0 aliphatic carbocycles. The van der Waals surface area contributed by atoms with Crippen molar-refractivity contribution in [2.75, 3.05) is 32.7 Å². The molecule has 2 aromatic carbocycles. The van der Waals surface area contributed by atoms with E-state index < -0.39 is 5.97 Å². The maximum atomic E-state index is 12.9. The Morgan fingerprint density at radius 2 is 1.59 bits per heavy atom. The third-order valence-electron chi connectivity index (χ3n) is 6.38. The Labute approximate surface area is 230 Å². The number of nitrogens with one attached hydrogen (secondary N) is 1. The average Bonchev–Trinajstić information content (AvgIpc) is 3.47. The van der Waals surface area contributed by atoms with E-state index in [2.05, 4.69) is 5.32 Å². The monoisotopic (exact) mass is 550 g/mol. The molecule has 9 nitrogen and oxygen atoms in total. The highest BCUT2D eigenvalue weighted by molar-refractivity contribution is 7.15. The summed E-state index contributed by atoms with van der Waals surface area (Å²) in [6.07, 6.45) is 2.05. The summed E-state index contributed by atoms with van der Waals surface area (Å²) < 4.78 is 16.0. The average molecular weight is 551 g/mol. The second-order valence-electron chi connectivity index (χ2n) is 8.81. The molecule has 204 valence electrons. The summed E-state index contributed by atoms with van der Waals surface area (Å²) in [5.41, 5.74) is 2.50. The Kier molecular flexibility index (Phi) is 8.98. The molecule has 39 heavy (non-hydrogen) atoms. The van der Waals surface area contributed by atoms with Crippen LogP contribution in [0.1, 0.15) is 63.7 Å². The minimum absolute atomic E-state index is 0.195. The van der Waals surface area contributed by atoms with Crippen LogP contribution in [0.25, 0.3) is 11.1 Å². The van der Waals surface area contributed by atoms with E-state index in [1.54, 1.807) is 55.8 Å². The minimum atomic E-state index is -0.528. The van der Waals surface area contributed by atoms with Gasteiger partial charge in [0.05, 0.1) is 32.0 Å². The van der Waals surface area contributed by atoms with Crippen LogP contribution < -0.4 is 14.8 Å². The first kappa shape index (κ1) is 27.8. The van der Waals surface area contributed by atoms with Crippen LogP contribution in [-0.4, -0.2) is 56.0 Å². The lowest BCUT2D eigenvalue weighted by Crippen LogP contribution is -2.30. The molecule has 0 atom stereocenters. The summed E-state index contributed by atoms with van der Waals surface area (Å²) in [6.45, 7) is 2.22. The molecule has 4 rings (SSSR count). The number of rotatable bonds is 12. The number of amides is 3. The molecular formula is C29H30N2O7S. The number of unbranched alkanes of at least 4 members (excludes halogenated alkanes) is 2. The standard InChI is InChI=1S/C29H30N2O7S/c1-4-38-29(35)25-21(18-13-14-22(36-2)23(16-18)37-3)17-39-26(25)30-24(32)12-6-5-9-15-31-27(33)19-10-7-8-11-20(19)28(31)34/h7-8,10-11,13-14,16-17H,4-6,9,12,15H2,1-3H3,(H,30,32). The van der Waals surface area contributed by atoms with Gasteiger partial charge < -0.3 is 19.5 Å². The topological polar surface area (TPSA) is 111 Å². The first-order chi connectivity index (χ1) is 18.9. The Balaban J connectivity index is 1.36. The van der Waals surface area contributed by atoms with Crippen LogP contribution >= 0.6 is 11.3 Å². The number of thiophene rings is 1. The molecule has 0 saturated carbocycles. The molecule has 1 aromatic heterocycles. The van der Waals surface area contributed by atoms with E-state index in [1.165, 1.54) is 23.3 Å². The third-order valence-corrected chi connectivity index (χ3v) is 7.28. The predicted octanol–water partition coefficient (Wildman–Crippen LogP) is 5.40. The Hall–Kier alpha value is -4.18. The Morgan fingerprint density at radius 1 is 0.897 bits per heavy atom. The van der Waals surface area contributed by atoms with E-state index in [0.717, 1.165) is 5.56 Å². The number of imide groups is 1. The van der Waals surface area contributed by atoms with E-state index in [4.69, 9.17) is 14.2 Å². The van der Waals surface area contributed by atoms with Crippen LogP contribution in [0.3, 0.4) is 0 Å². The lowest BCUT2D eigenvalue weighted by Gasteiger charge is -2.13. The van der Waals surface area contributed by atoms with Crippen LogP contribution in [0.15, 0.2) is 47.8 Å². The van der Waals surface area contributed by atoms with Crippen LogP contribution in [0.2, 0.25) is 0 Å². The maximum Gasteiger partial charge on any atom is 0.341 e. The van der Waals surface area contributed by atoms with Crippen molar-refractivity contribution in [3.8, 4) is 22.6 Å². The Bertz CT molecular complexity index is 1360. The first-order valence-corrected chi connectivity index (χ1v) is 13.5. The molecule has 1 aliphatic rings. The molecule has 0 bridgehead atoms. The molecule has 0 spiro atoms. The molecule has 1 N–H and O–H groups in total. The summed E-state index contributed by atoms with van der Waals surface area (Å²) in [5.74, 6) is -0.235. The predicted molar refractivity (Wildman–Crippen MR) is 148 cm³/mol. The van der Waals surface area contributed by atoms with Gasteiger partial charge in [0.2, 0.25) is 5.91 Å². The van der Waals surface area contributed by atoms with E-state index in [-0.39, 0.29) is 36.3 Å². The summed E-state index contributed by atoms with van der Waals surface area (Å²) in [7, 11) is 3.08. The fourth-order valence-electron chi connectivity index (χ4n) is 4.44. The van der Waals surface area contributed by atoms with Gasteiger partial charge in [-0.25, -0.2) is 4.79 Å². The van der Waals surface area contributed by atoms with Gasteiger partial charge in [0.15, 0.2) is 11.5 Å². The third kappa shape index (κ3) is 5.96. The van der Waals surface area contributed by atoms with Gasteiger partial charge in [-0.05, 0) is 49.6 Å². The number of benzene rings is 2. The number of hydrogen-bond acceptors (Lipinski definition) is 8. The zero-order valence-electron chi connectivity index (χ0n) is 22.1. The molecule has 1 aliphatic heterocycles. The summed E-state index contributed by atoms with van der Waals surface area (Å²) in [4.78, 5) is 51.8. The van der Waals surface area contributed by atoms with Gasteiger partial charge >= 0.3 is 5.97 Å². The number of fused-ring (bicyclic) bond motifs is 1. The second-order valence-corrected chi connectivity index (χ2v) is 9.69. The van der Waals surface area contributed by atoms with Crippen molar-refractivity contribution in [2.45, 2.75) is 32.6 Å². The number of anilines is 1. The van der Waals surface area contributed by atoms with Gasteiger partial charge in [0.25, 0.3) is 11.8 Å². The molecule has 3 aromatic rings. The lowest BCUT2D eigenvalue weighted by molar-refractivity contribution is -0.116. The lowest BCUT2D eigenvalue weighted by atomic mass is 10.0. The maximum absolute atomic E-state index is 12.9. The molecule has 2 heterocycles. The van der Waals surface area contributed by atoms with Gasteiger partial charge in [0, 0.05) is 23.9 Å². The SMILES string of the molecule is CCOC(=O)c1c(-c2ccc(OC)c(OC)c2)csc1NC(=O)CCCCCN1C(=O)c2ccccc2C1=O. The van der Waals surface area contributed by atoms with E-state index in [1.807, 2.05) is 6.07 Å². The van der Waals surface area contributed by atoms with Gasteiger partial charge in [-0.2, -0.15) is 0 Å². The minimum Gasteiger partial charge on any atom is -0.493 e. The van der Waals surface area contributed by atoms with E-state index in [0.29, 0.717) is 59.0 Å². The number of carbonyl (C=O) groups excluding carboxylic acids is 4. The fraction of sp³-hybridized carbons (Fsp3) is 0.310. The van der Waals surface area contributed by atoms with E-state index in [9.17, 15) is 19.2 Å². The smallest absolute Gasteiger partial charge is 0.341 e. The number of hydrogen-bond donors (Lipinski definition) is 1. The van der Waals surface area contributed by atoms with Crippen LogP contribution in [-0.2, 0) is 9.53 Å². The molecule has 0 saturated heterocycles. The van der Waals surface area contributed by atoms with Gasteiger partial charge in [-0.15, -0.1) is 11.3 Å². The molecule has 10 heteroatoms.